The van der Waals surface area contributed by atoms with E-state index in [9.17, 15) is 24.9 Å². The van der Waals surface area contributed by atoms with Crippen LogP contribution in [0.15, 0.2) is 0 Å². The van der Waals surface area contributed by atoms with E-state index in [0.717, 1.165) is 25.7 Å². The molecule has 140 valence electrons. The molecule has 0 radical (unpaired) electrons. The highest BCUT2D eigenvalue weighted by atomic mass is 16.4. The number of carboxylic acids is 2. The fourth-order valence-electron chi connectivity index (χ4n) is 7.91. The molecule has 2 bridgehead atoms. The van der Waals surface area contributed by atoms with Gasteiger partial charge in [-0.3, -0.25) is 9.59 Å². The molecule has 0 heterocycles. The molecule has 0 aromatic heterocycles. The van der Waals surface area contributed by atoms with Crippen LogP contribution in [0.4, 0.5) is 0 Å². The van der Waals surface area contributed by atoms with E-state index < -0.39 is 28.4 Å². The van der Waals surface area contributed by atoms with Gasteiger partial charge in [0, 0.05) is 0 Å². The molecule has 0 aromatic rings. The SMILES string of the molecule is C[C@@]1(O)C[C@@]23CC[C@H]4[C@@](C(=O)O)(CCC[C@]4(C)C(=O)O)[C@@H]2CC[C@@H]1C3. The van der Waals surface area contributed by atoms with Gasteiger partial charge in [-0.05, 0) is 88.4 Å². The summed E-state index contributed by atoms with van der Waals surface area (Å²) in [4.78, 5) is 24.7. The fourth-order valence-corrected chi connectivity index (χ4v) is 7.91. The summed E-state index contributed by atoms with van der Waals surface area (Å²) in [6.45, 7) is 3.68. The zero-order valence-electron chi connectivity index (χ0n) is 15.3. The number of hydrogen-bond acceptors (Lipinski definition) is 3. The molecule has 0 unspecified atom stereocenters. The quantitative estimate of drug-likeness (QED) is 0.710. The summed E-state index contributed by atoms with van der Waals surface area (Å²) >= 11 is 0. The van der Waals surface area contributed by atoms with Crippen LogP contribution in [-0.4, -0.2) is 32.9 Å². The van der Waals surface area contributed by atoms with E-state index in [1.807, 2.05) is 6.92 Å². The maximum Gasteiger partial charge on any atom is 0.310 e. The summed E-state index contributed by atoms with van der Waals surface area (Å²) < 4.78 is 0. The number of aliphatic carboxylic acids is 2. The molecule has 4 rings (SSSR count). The average molecular weight is 350 g/mol. The molecule has 3 N–H and O–H groups in total. The monoisotopic (exact) mass is 350 g/mol. The lowest BCUT2D eigenvalue weighted by molar-refractivity contribution is -0.202. The molecule has 7 atom stereocenters. The molecule has 4 aliphatic rings. The molecular weight excluding hydrogens is 320 g/mol. The van der Waals surface area contributed by atoms with E-state index in [2.05, 4.69) is 0 Å². The van der Waals surface area contributed by atoms with Crippen LogP contribution in [0.1, 0.15) is 71.6 Å². The number of carbonyl (C=O) groups is 2. The molecular formula is C20H30O5. The highest BCUT2D eigenvalue weighted by Crippen LogP contribution is 2.73. The Labute approximate surface area is 148 Å². The molecule has 0 aromatic carbocycles. The largest absolute Gasteiger partial charge is 0.481 e. The van der Waals surface area contributed by atoms with Gasteiger partial charge in [-0.15, -0.1) is 0 Å². The third-order valence-electron chi connectivity index (χ3n) is 8.90. The van der Waals surface area contributed by atoms with Gasteiger partial charge in [-0.1, -0.05) is 6.42 Å². The molecule has 4 aliphatic carbocycles. The lowest BCUT2D eigenvalue weighted by atomic mass is 9.40. The van der Waals surface area contributed by atoms with E-state index in [4.69, 9.17) is 0 Å². The first kappa shape index (κ1) is 17.3. The lowest BCUT2D eigenvalue weighted by Crippen LogP contribution is -2.62. The van der Waals surface area contributed by atoms with Gasteiger partial charge in [0.1, 0.15) is 0 Å². The van der Waals surface area contributed by atoms with Crippen LogP contribution in [0, 0.1) is 34.0 Å². The molecule has 4 saturated carbocycles. The minimum atomic E-state index is -0.948. The van der Waals surface area contributed by atoms with E-state index in [1.165, 1.54) is 0 Å². The molecule has 0 amide bonds. The molecule has 5 heteroatoms. The van der Waals surface area contributed by atoms with Crippen LogP contribution < -0.4 is 0 Å². The minimum Gasteiger partial charge on any atom is -0.481 e. The number of carboxylic acid groups (broad SMARTS) is 2. The summed E-state index contributed by atoms with van der Waals surface area (Å²) in [5.74, 6) is -1.67. The second-order valence-electron chi connectivity index (χ2n) is 9.94. The Morgan fingerprint density at radius 1 is 0.920 bits per heavy atom. The summed E-state index contributed by atoms with van der Waals surface area (Å²) in [5.41, 5.74) is -2.70. The normalized spacial score (nSPS) is 54.4. The van der Waals surface area contributed by atoms with Gasteiger partial charge < -0.3 is 15.3 Å². The maximum atomic E-state index is 12.7. The van der Waals surface area contributed by atoms with Gasteiger partial charge in [0.2, 0.25) is 0 Å². The Balaban J connectivity index is 1.83. The van der Waals surface area contributed by atoms with E-state index in [1.54, 1.807) is 6.92 Å². The Bertz CT molecular complexity index is 628. The molecule has 0 aliphatic heterocycles. The zero-order valence-corrected chi connectivity index (χ0v) is 15.3. The van der Waals surface area contributed by atoms with Crippen LogP contribution >= 0.6 is 0 Å². The van der Waals surface area contributed by atoms with Crippen LogP contribution in [0.3, 0.4) is 0 Å². The summed E-state index contributed by atoms with van der Waals surface area (Å²) in [6.07, 6.45) is 6.64. The topological polar surface area (TPSA) is 94.8 Å². The first-order chi connectivity index (χ1) is 11.6. The predicted molar refractivity (Wildman–Crippen MR) is 90.9 cm³/mol. The van der Waals surface area contributed by atoms with Crippen molar-refractivity contribution in [2.45, 2.75) is 77.2 Å². The standard InChI is InChI=1S/C20H30O5/c1-17(15(21)22)7-3-8-20(16(23)24)13(17)6-9-19-10-12(4-5-14(19)20)18(2,25)11-19/h12-14,25H,3-11H2,1-2H3,(H,21,22)(H,23,24)/t12-,13-,14-,17+,18-,19+,20+/m1/s1. The van der Waals surface area contributed by atoms with Crippen molar-refractivity contribution in [1.82, 2.24) is 0 Å². The second-order valence-corrected chi connectivity index (χ2v) is 9.94. The molecule has 5 nitrogen and oxygen atoms in total. The number of fused-ring (bicyclic) bond motifs is 3. The van der Waals surface area contributed by atoms with Gasteiger partial charge >= 0.3 is 11.9 Å². The average Bonchev–Trinajstić information content (AvgIpc) is 2.71. The molecule has 0 saturated heterocycles. The van der Waals surface area contributed by atoms with Gasteiger partial charge in [0.15, 0.2) is 0 Å². The fraction of sp³-hybridized carbons (Fsp3) is 0.900. The van der Waals surface area contributed by atoms with E-state index in [0.29, 0.717) is 32.1 Å². The van der Waals surface area contributed by atoms with Crippen molar-refractivity contribution in [2.75, 3.05) is 0 Å². The Morgan fingerprint density at radius 3 is 2.28 bits per heavy atom. The van der Waals surface area contributed by atoms with Gasteiger partial charge in [0.25, 0.3) is 0 Å². The van der Waals surface area contributed by atoms with Crippen LogP contribution in [0.5, 0.6) is 0 Å². The van der Waals surface area contributed by atoms with Crippen LogP contribution in [-0.2, 0) is 9.59 Å². The van der Waals surface area contributed by atoms with Crippen LogP contribution in [0.2, 0.25) is 0 Å². The zero-order chi connectivity index (χ0) is 18.3. The van der Waals surface area contributed by atoms with Crippen molar-refractivity contribution < 1.29 is 24.9 Å². The Morgan fingerprint density at radius 2 is 1.64 bits per heavy atom. The summed E-state index contributed by atoms with van der Waals surface area (Å²) in [7, 11) is 0. The minimum absolute atomic E-state index is 0.000417. The Kier molecular flexibility index (Phi) is 3.46. The number of rotatable bonds is 2. The van der Waals surface area contributed by atoms with Crippen molar-refractivity contribution in [2.24, 2.45) is 34.0 Å². The highest BCUT2D eigenvalue weighted by molar-refractivity contribution is 5.81. The van der Waals surface area contributed by atoms with Crippen molar-refractivity contribution in [3.63, 3.8) is 0 Å². The third-order valence-corrected chi connectivity index (χ3v) is 8.90. The lowest BCUT2D eigenvalue weighted by Gasteiger charge is -2.62. The first-order valence-corrected chi connectivity index (χ1v) is 9.78. The summed E-state index contributed by atoms with van der Waals surface area (Å²) in [5, 5.41) is 31.2. The Hall–Kier alpha value is -1.10. The maximum absolute atomic E-state index is 12.7. The molecule has 1 spiro atoms. The third kappa shape index (κ3) is 1.99. The second kappa shape index (κ2) is 4.99. The predicted octanol–water partition coefficient (Wildman–Crippen LogP) is 3.30. The molecule has 4 fully saturated rings. The molecule has 25 heavy (non-hydrogen) atoms. The van der Waals surface area contributed by atoms with Gasteiger partial charge in [-0.2, -0.15) is 0 Å². The van der Waals surface area contributed by atoms with Crippen LogP contribution in [0.25, 0.3) is 0 Å². The van der Waals surface area contributed by atoms with Crippen molar-refractivity contribution in [3.8, 4) is 0 Å². The van der Waals surface area contributed by atoms with Crippen molar-refractivity contribution in [1.29, 1.82) is 0 Å². The number of hydrogen-bond donors (Lipinski definition) is 3. The first-order valence-electron chi connectivity index (χ1n) is 9.78. The smallest absolute Gasteiger partial charge is 0.310 e. The van der Waals surface area contributed by atoms with Crippen molar-refractivity contribution >= 4 is 11.9 Å². The van der Waals surface area contributed by atoms with E-state index >= 15 is 0 Å². The summed E-state index contributed by atoms with van der Waals surface area (Å²) in [6, 6.07) is 0. The number of aliphatic hydroxyl groups is 1. The van der Waals surface area contributed by atoms with Gasteiger partial charge in [-0.25, -0.2) is 0 Å². The van der Waals surface area contributed by atoms with Gasteiger partial charge in [0.05, 0.1) is 16.4 Å². The van der Waals surface area contributed by atoms with E-state index in [-0.39, 0.29) is 23.2 Å². The van der Waals surface area contributed by atoms with Crippen molar-refractivity contribution in [3.05, 3.63) is 0 Å². The highest BCUT2D eigenvalue weighted by Gasteiger charge is 2.71.